The third kappa shape index (κ3) is 13.7. The molecular formula is C20H45InN2. The molecule has 0 aliphatic rings. The Morgan fingerprint density at radius 2 is 1.00 bits per heavy atom. The zero-order valence-corrected chi connectivity index (χ0v) is 20.4. The van der Waals surface area contributed by atoms with Gasteiger partial charge in [-0.3, -0.25) is 0 Å². The minimum absolute atomic E-state index is 1.21. The van der Waals surface area contributed by atoms with Crippen molar-refractivity contribution in [3.63, 3.8) is 0 Å². The minimum atomic E-state index is -1.21. The molecule has 0 N–H and O–H groups in total. The van der Waals surface area contributed by atoms with Crippen molar-refractivity contribution in [3.05, 3.63) is 0 Å². The first-order valence-corrected chi connectivity index (χ1v) is 17.6. The van der Waals surface area contributed by atoms with Crippen LogP contribution in [0.3, 0.4) is 0 Å². The van der Waals surface area contributed by atoms with Crippen LogP contribution in [0, 0.1) is 0 Å². The molecule has 0 amide bonds. The first-order chi connectivity index (χ1) is 11.2. The third-order valence-electron chi connectivity index (χ3n) is 4.94. The van der Waals surface area contributed by atoms with Crippen molar-refractivity contribution in [3.8, 4) is 0 Å². The van der Waals surface area contributed by atoms with Gasteiger partial charge in [-0.2, -0.15) is 0 Å². The van der Waals surface area contributed by atoms with E-state index in [1.165, 1.54) is 77.8 Å². The Bertz CT molecular complexity index is 230. The van der Waals surface area contributed by atoms with E-state index >= 15 is 0 Å². The van der Waals surface area contributed by atoms with E-state index in [0.29, 0.717) is 0 Å². The van der Waals surface area contributed by atoms with Gasteiger partial charge < -0.3 is 0 Å². The molecule has 23 heavy (non-hydrogen) atoms. The Morgan fingerprint density at radius 3 is 1.43 bits per heavy atom. The molecule has 0 radical (unpaired) electrons. The van der Waals surface area contributed by atoms with Crippen molar-refractivity contribution in [1.82, 2.24) is 9.80 Å². The molecule has 0 heterocycles. The SMILES string of the molecule is CCCN(CC)CC[CH2][In]([CH2]CC)[CH2]CCN(CCC)CCC. The molecule has 2 nitrogen and oxygen atoms in total. The molecule has 0 unspecified atom stereocenters. The van der Waals surface area contributed by atoms with Crippen molar-refractivity contribution in [2.24, 2.45) is 0 Å². The van der Waals surface area contributed by atoms with Crippen molar-refractivity contribution >= 4 is 21.4 Å². The summed E-state index contributed by atoms with van der Waals surface area (Å²) in [6.45, 7) is 19.6. The molecule has 0 aromatic carbocycles. The predicted octanol–water partition coefficient (Wildman–Crippen LogP) is 5.53. The van der Waals surface area contributed by atoms with Crippen LogP contribution in [0.4, 0.5) is 0 Å². The van der Waals surface area contributed by atoms with Gasteiger partial charge in [0.25, 0.3) is 0 Å². The first-order valence-electron chi connectivity index (χ1n) is 10.7. The summed E-state index contributed by atoms with van der Waals surface area (Å²) in [5.41, 5.74) is 0. The second kappa shape index (κ2) is 17.6. The van der Waals surface area contributed by atoms with E-state index in [0.717, 1.165) is 0 Å². The molecular weight excluding hydrogens is 383 g/mol. The maximum absolute atomic E-state index is 2.70. The summed E-state index contributed by atoms with van der Waals surface area (Å²) < 4.78 is 4.94. The summed E-state index contributed by atoms with van der Waals surface area (Å²) in [6, 6.07) is 0. The Morgan fingerprint density at radius 1 is 0.522 bits per heavy atom. The van der Waals surface area contributed by atoms with Gasteiger partial charge in [0.2, 0.25) is 0 Å². The monoisotopic (exact) mass is 428 g/mol. The van der Waals surface area contributed by atoms with Crippen molar-refractivity contribution in [2.75, 3.05) is 39.3 Å². The van der Waals surface area contributed by atoms with E-state index in [1.54, 1.807) is 12.5 Å². The fourth-order valence-electron chi connectivity index (χ4n) is 3.76. The van der Waals surface area contributed by atoms with Crippen LogP contribution in [0.2, 0.25) is 12.5 Å². The zero-order valence-electron chi connectivity index (χ0n) is 17.1. The summed E-state index contributed by atoms with van der Waals surface area (Å²) in [4.78, 5) is 5.36. The summed E-state index contributed by atoms with van der Waals surface area (Å²) in [7, 11) is 0. The van der Waals surface area contributed by atoms with Crippen LogP contribution in [0.15, 0.2) is 0 Å². The van der Waals surface area contributed by atoms with E-state index in [2.05, 4.69) is 44.4 Å². The van der Waals surface area contributed by atoms with Gasteiger partial charge in [-0.15, -0.1) is 0 Å². The van der Waals surface area contributed by atoms with E-state index in [4.69, 9.17) is 0 Å². The molecule has 0 aromatic rings. The molecule has 0 aromatic heterocycles. The van der Waals surface area contributed by atoms with Crippen LogP contribution in [-0.2, 0) is 0 Å². The molecule has 0 bridgehead atoms. The Kier molecular flexibility index (Phi) is 18.2. The van der Waals surface area contributed by atoms with Gasteiger partial charge >= 0.3 is 156 Å². The quantitative estimate of drug-likeness (QED) is 0.301. The molecule has 0 saturated heterocycles. The zero-order chi connectivity index (χ0) is 17.3. The second-order valence-electron chi connectivity index (χ2n) is 7.22. The number of hydrogen-bond acceptors (Lipinski definition) is 2. The number of rotatable bonds is 17. The van der Waals surface area contributed by atoms with Gasteiger partial charge in [0, 0.05) is 0 Å². The molecule has 138 valence electrons. The van der Waals surface area contributed by atoms with Crippen LogP contribution < -0.4 is 0 Å². The van der Waals surface area contributed by atoms with Gasteiger partial charge in [-0.05, 0) is 0 Å². The Hall–Kier alpha value is 0.790. The van der Waals surface area contributed by atoms with Crippen LogP contribution in [-0.4, -0.2) is 70.5 Å². The molecule has 3 heteroatoms. The molecule has 0 saturated carbocycles. The summed E-state index contributed by atoms with van der Waals surface area (Å²) in [5.74, 6) is 0. The van der Waals surface area contributed by atoms with E-state index in [9.17, 15) is 0 Å². The van der Waals surface area contributed by atoms with Gasteiger partial charge in [-0.25, -0.2) is 0 Å². The van der Waals surface area contributed by atoms with Crippen LogP contribution in [0.25, 0.3) is 0 Å². The maximum atomic E-state index is 2.70. The fraction of sp³-hybridized carbons (Fsp3) is 1.00. The molecule has 0 rings (SSSR count). The molecule has 0 spiro atoms. The van der Waals surface area contributed by atoms with E-state index in [-0.39, 0.29) is 0 Å². The van der Waals surface area contributed by atoms with Gasteiger partial charge in [0.05, 0.1) is 0 Å². The molecule has 0 atom stereocenters. The van der Waals surface area contributed by atoms with E-state index in [1.807, 2.05) is 0 Å². The van der Waals surface area contributed by atoms with Crippen LogP contribution in [0.1, 0.15) is 73.1 Å². The van der Waals surface area contributed by atoms with Crippen molar-refractivity contribution < 1.29 is 0 Å². The molecule has 0 fully saturated rings. The second-order valence-corrected chi connectivity index (χ2v) is 17.1. The van der Waals surface area contributed by atoms with Gasteiger partial charge in [-0.1, -0.05) is 0 Å². The average Bonchev–Trinajstić information content (AvgIpc) is 2.54. The number of hydrogen-bond donors (Lipinski definition) is 0. The summed E-state index contributed by atoms with van der Waals surface area (Å²) in [6.07, 6.45) is 8.36. The van der Waals surface area contributed by atoms with Gasteiger partial charge in [0.1, 0.15) is 0 Å². The Labute approximate surface area is 155 Å². The average molecular weight is 428 g/mol. The predicted molar refractivity (Wildman–Crippen MR) is 109 cm³/mol. The number of nitrogens with zero attached hydrogens (tertiary/aromatic N) is 2. The first kappa shape index (κ1) is 23.8. The standard InChI is InChI=1S/C9H20N.C8H18N.C3H7.In/c1-4-7-10(8-5-2)9-6-3;1-4-7-9(6-3)8-5-2;1-3-2;/h1,4-9H2,2-3H3;1,4-8H2,2-3H3;1,3H2,2H3;. The van der Waals surface area contributed by atoms with Gasteiger partial charge in [0.15, 0.2) is 0 Å². The summed E-state index contributed by atoms with van der Waals surface area (Å²) in [5, 5.41) is 0. The van der Waals surface area contributed by atoms with Crippen LogP contribution in [0.5, 0.6) is 0 Å². The topological polar surface area (TPSA) is 6.48 Å². The molecule has 0 aliphatic carbocycles. The molecule has 0 aliphatic heterocycles. The van der Waals surface area contributed by atoms with Crippen molar-refractivity contribution in [1.29, 1.82) is 0 Å². The Balaban J connectivity index is 4.00. The third-order valence-corrected chi connectivity index (χ3v) is 15.9. The summed E-state index contributed by atoms with van der Waals surface area (Å²) >= 11 is -1.21. The van der Waals surface area contributed by atoms with Crippen molar-refractivity contribution in [2.45, 2.75) is 85.7 Å². The van der Waals surface area contributed by atoms with Crippen LogP contribution >= 0.6 is 0 Å². The van der Waals surface area contributed by atoms with E-state index < -0.39 is 21.4 Å². The fourth-order valence-corrected chi connectivity index (χ4v) is 12.9. The normalized spacial score (nSPS) is 11.6.